The number of aliphatic imine (C=N–C) groups is 1. The first-order valence-electron chi connectivity index (χ1n) is 7.36. The van der Waals surface area contributed by atoms with Crippen molar-refractivity contribution in [2.75, 3.05) is 32.8 Å². The molecule has 7 nitrogen and oxygen atoms in total. The number of nitrogens with one attached hydrogen (secondary N) is 2. The van der Waals surface area contributed by atoms with Crippen LogP contribution in [0.4, 0.5) is 0 Å². The average Bonchev–Trinajstić information content (AvgIpc) is 2.89. The van der Waals surface area contributed by atoms with Gasteiger partial charge >= 0.3 is 0 Å². The van der Waals surface area contributed by atoms with Crippen LogP contribution >= 0.6 is 0 Å². The molecule has 0 bridgehead atoms. The van der Waals surface area contributed by atoms with Crippen LogP contribution in [0.3, 0.4) is 0 Å². The Bertz CT molecular complexity index is 673. The van der Waals surface area contributed by atoms with Gasteiger partial charge in [-0.2, -0.15) is 0 Å². The lowest BCUT2D eigenvalue weighted by molar-refractivity contribution is 0.390. The molecule has 1 atom stereocenters. The minimum absolute atomic E-state index is 0.0936. The summed E-state index contributed by atoms with van der Waals surface area (Å²) in [6.07, 6.45) is 0.606. The molecule has 2 N–H and O–H groups in total. The number of benzene rings is 1. The molecule has 0 amide bonds. The first-order valence-corrected chi connectivity index (χ1v) is 9.18. The van der Waals surface area contributed by atoms with Gasteiger partial charge in [0.25, 0.3) is 0 Å². The van der Waals surface area contributed by atoms with Crippen molar-refractivity contribution in [2.45, 2.75) is 19.0 Å². The maximum Gasteiger partial charge on any atom is 0.191 e. The van der Waals surface area contributed by atoms with E-state index in [-0.39, 0.29) is 17.5 Å². The second-order valence-corrected chi connectivity index (χ2v) is 7.58. The fourth-order valence-corrected chi connectivity index (χ4v) is 4.15. The molecule has 0 spiro atoms. The minimum Gasteiger partial charge on any atom is -0.497 e. The van der Waals surface area contributed by atoms with Gasteiger partial charge in [-0.3, -0.25) is 4.99 Å². The number of hydrogen-bond donors (Lipinski definition) is 2. The van der Waals surface area contributed by atoms with Crippen LogP contribution in [0.25, 0.3) is 0 Å². The zero-order chi connectivity index (χ0) is 16.9. The van der Waals surface area contributed by atoms with Gasteiger partial charge in [0.05, 0.1) is 25.7 Å². The van der Waals surface area contributed by atoms with Crippen LogP contribution in [-0.2, 0) is 16.4 Å². The van der Waals surface area contributed by atoms with E-state index in [2.05, 4.69) is 15.6 Å². The largest absolute Gasteiger partial charge is 0.497 e. The Morgan fingerprint density at radius 1 is 1.35 bits per heavy atom. The first kappa shape index (κ1) is 17.4. The lowest BCUT2D eigenvalue weighted by Gasteiger charge is -2.17. The Morgan fingerprint density at radius 3 is 2.70 bits per heavy atom. The molecule has 1 aromatic carbocycles. The number of sulfone groups is 1. The summed E-state index contributed by atoms with van der Waals surface area (Å²) in [6, 6.07) is 5.50. The monoisotopic (exact) mass is 341 g/mol. The molecular weight excluding hydrogens is 318 g/mol. The summed E-state index contributed by atoms with van der Waals surface area (Å²) >= 11 is 0. The van der Waals surface area contributed by atoms with E-state index in [1.165, 1.54) is 0 Å². The van der Waals surface area contributed by atoms with Gasteiger partial charge in [-0.1, -0.05) is 0 Å². The van der Waals surface area contributed by atoms with E-state index in [0.717, 1.165) is 17.1 Å². The van der Waals surface area contributed by atoms with Gasteiger partial charge in [0.15, 0.2) is 15.8 Å². The van der Waals surface area contributed by atoms with Gasteiger partial charge in [-0.05, 0) is 18.6 Å². The predicted octanol–water partition coefficient (Wildman–Crippen LogP) is 0.556. The fourth-order valence-electron chi connectivity index (χ4n) is 2.47. The molecule has 1 unspecified atom stereocenters. The van der Waals surface area contributed by atoms with E-state index in [9.17, 15) is 8.42 Å². The Kier molecular flexibility index (Phi) is 5.70. The van der Waals surface area contributed by atoms with E-state index in [1.54, 1.807) is 21.3 Å². The minimum atomic E-state index is -2.91. The standard InChI is InChI=1S/C15H23N3O4S/c1-16-15(18-12-6-7-23(19,20)10-12)17-9-11-4-5-13(21-2)8-14(11)22-3/h4-5,8,12H,6-7,9-10H2,1-3H3,(H2,16,17,18). The van der Waals surface area contributed by atoms with Gasteiger partial charge in [-0.15, -0.1) is 0 Å². The zero-order valence-electron chi connectivity index (χ0n) is 13.6. The van der Waals surface area contributed by atoms with Crippen LogP contribution in [0.15, 0.2) is 23.2 Å². The van der Waals surface area contributed by atoms with Crippen LogP contribution in [-0.4, -0.2) is 53.2 Å². The average molecular weight is 341 g/mol. The van der Waals surface area contributed by atoms with Crippen molar-refractivity contribution in [2.24, 2.45) is 4.99 Å². The van der Waals surface area contributed by atoms with Gasteiger partial charge in [0.1, 0.15) is 11.5 Å². The maximum atomic E-state index is 11.5. The highest BCUT2D eigenvalue weighted by molar-refractivity contribution is 7.91. The zero-order valence-corrected chi connectivity index (χ0v) is 14.4. The molecule has 8 heteroatoms. The maximum absolute atomic E-state index is 11.5. The molecule has 0 saturated carbocycles. The van der Waals surface area contributed by atoms with E-state index >= 15 is 0 Å². The number of nitrogens with zero attached hydrogens (tertiary/aromatic N) is 1. The molecule has 1 saturated heterocycles. The van der Waals surface area contributed by atoms with Crippen LogP contribution in [0.2, 0.25) is 0 Å². The highest BCUT2D eigenvalue weighted by Crippen LogP contribution is 2.24. The number of guanidine groups is 1. The third kappa shape index (κ3) is 4.75. The summed E-state index contributed by atoms with van der Waals surface area (Å²) in [5.74, 6) is 2.40. The summed E-state index contributed by atoms with van der Waals surface area (Å²) in [5.41, 5.74) is 0.954. The van der Waals surface area contributed by atoms with E-state index in [4.69, 9.17) is 9.47 Å². The molecule has 1 heterocycles. The fraction of sp³-hybridized carbons (Fsp3) is 0.533. The predicted molar refractivity (Wildman–Crippen MR) is 89.9 cm³/mol. The molecule has 2 rings (SSSR count). The lowest BCUT2D eigenvalue weighted by atomic mass is 10.2. The third-order valence-electron chi connectivity index (χ3n) is 3.74. The van der Waals surface area contributed by atoms with E-state index < -0.39 is 9.84 Å². The van der Waals surface area contributed by atoms with Crippen LogP contribution in [0.1, 0.15) is 12.0 Å². The normalized spacial score (nSPS) is 20.1. The highest BCUT2D eigenvalue weighted by Gasteiger charge is 2.28. The molecule has 23 heavy (non-hydrogen) atoms. The lowest BCUT2D eigenvalue weighted by Crippen LogP contribution is -2.43. The molecule has 1 aliphatic heterocycles. The molecule has 1 aromatic rings. The van der Waals surface area contributed by atoms with E-state index in [1.807, 2.05) is 18.2 Å². The summed E-state index contributed by atoms with van der Waals surface area (Å²) < 4.78 is 33.5. The molecule has 0 aliphatic carbocycles. The number of methoxy groups -OCH3 is 2. The summed E-state index contributed by atoms with van der Waals surface area (Å²) in [4.78, 5) is 4.14. The first-order chi connectivity index (χ1) is 11.0. The number of ether oxygens (including phenoxy) is 2. The van der Waals surface area contributed by atoms with Crippen molar-refractivity contribution < 1.29 is 17.9 Å². The molecule has 0 radical (unpaired) electrons. The molecule has 1 fully saturated rings. The van der Waals surface area contributed by atoms with Crippen molar-refractivity contribution in [1.82, 2.24) is 10.6 Å². The van der Waals surface area contributed by atoms with Gasteiger partial charge in [0.2, 0.25) is 0 Å². The number of rotatable bonds is 5. The SMILES string of the molecule is CN=C(NCc1ccc(OC)cc1OC)NC1CCS(=O)(=O)C1. The Labute approximate surface area is 137 Å². The van der Waals surface area contributed by atoms with Crippen molar-refractivity contribution in [3.63, 3.8) is 0 Å². The molecular formula is C15H23N3O4S. The number of hydrogen-bond acceptors (Lipinski definition) is 5. The molecule has 1 aliphatic rings. The third-order valence-corrected chi connectivity index (χ3v) is 5.51. The summed E-state index contributed by atoms with van der Waals surface area (Å²) in [5, 5.41) is 6.32. The van der Waals surface area contributed by atoms with Crippen LogP contribution in [0, 0.1) is 0 Å². The van der Waals surface area contributed by atoms with Crippen molar-refractivity contribution >= 4 is 15.8 Å². The second kappa shape index (κ2) is 7.54. The van der Waals surface area contributed by atoms with Gasteiger partial charge in [0, 0.05) is 31.3 Å². The van der Waals surface area contributed by atoms with Crippen molar-refractivity contribution in [1.29, 1.82) is 0 Å². The van der Waals surface area contributed by atoms with Crippen molar-refractivity contribution in [3.8, 4) is 11.5 Å². The highest BCUT2D eigenvalue weighted by atomic mass is 32.2. The Hall–Kier alpha value is -1.96. The Morgan fingerprint density at radius 2 is 2.13 bits per heavy atom. The summed E-state index contributed by atoms with van der Waals surface area (Å²) in [7, 11) is 1.95. The van der Waals surface area contributed by atoms with Gasteiger partial charge in [-0.25, -0.2) is 8.42 Å². The van der Waals surface area contributed by atoms with Crippen LogP contribution in [0.5, 0.6) is 11.5 Å². The smallest absolute Gasteiger partial charge is 0.191 e. The Balaban J connectivity index is 1.96. The summed E-state index contributed by atoms with van der Waals surface area (Å²) in [6.45, 7) is 0.506. The molecule has 0 aromatic heterocycles. The van der Waals surface area contributed by atoms with Gasteiger partial charge < -0.3 is 20.1 Å². The second-order valence-electron chi connectivity index (χ2n) is 5.35. The van der Waals surface area contributed by atoms with E-state index in [0.29, 0.717) is 18.9 Å². The van der Waals surface area contributed by atoms with Crippen LogP contribution < -0.4 is 20.1 Å². The topological polar surface area (TPSA) is 89.0 Å². The van der Waals surface area contributed by atoms with Crippen molar-refractivity contribution in [3.05, 3.63) is 23.8 Å². The quantitative estimate of drug-likeness (QED) is 0.601. The molecule has 128 valence electrons.